The molecule has 0 aromatic heterocycles. The maximum Gasteiger partial charge on any atom is 0.226 e. The summed E-state index contributed by atoms with van der Waals surface area (Å²) in [7, 11) is 0. The lowest BCUT2D eigenvalue weighted by Gasteiger charge is -2.36. The molecule has 6 nitrogen and oxygen atoms in total. The monoisotopic (exact) mass is 421 g/mol. The summed E-state index contributed by atoms with van der Waals surface area (Å²) >= 11 is 0. The first-order valence-corrected chi connectivity index (χ1v) is 7.84. The molecule has 8 heteroatoms. The van der Waals surface area contributed by atoms with Crippen molar-refractivity contribution < 1.29 is 9.23 Å². The summed E-state index contributed by atoms with van der Waals surface area (Å²) in [6.07, 6.45) is 0. The molecular formula is C18H21BrFN5O. The summed E-state index contributed by atoms with van der Waals surface area (Å²) in [6.45, 7) is 3.54. The van der Waals surface area contributed by atoms with Gasteiger partial charge in [0.25, 0.3) is 0 Å². The third-order valence-corrected chi connectivity index (χ3v) is 3.83. The fourth-order valence-electron chi connectivity index (χ4n) is 2.68. The van der Waals surface area contributed by atoms with E-state index in [1.807, 2.05) is 30.3 Å². The molecule has 1 aliphatic rings. The van der Waals surface area contributed by atoms with E-state index < -0.39 is 5.66 Å². The largest absolute Gasteiger partial charge is 0.368 e. The number of halogens is 2. The van der Waals surface area contributed by atoms with Crippen LogP contribution in [0.4, 0.5) is 4.39 Å². The van der Waals surface area contributed by atoms with Crippen LogP contribution in [0.15, 0.2) is 58.5 Å². The van der Waals surface area contributed by atoms with Crippen molar-refractivity contribution in [1.29, 1.82) is 0 Å². The molecule has 0 spiro atoms. The second-order valence-electron chi connectivity index (χ2n) is 6.15. The molecule has 0 aliphatic carbocycles. The highest BCUT2D eigenvalue weighted by Crippen LogP contribution is 2.26. The Morgan fingerprint density at radius 1 is 1.08 bits per heavy atom. The fraction of sp³-hybridized carbons (Fsp3) is 0.222. The molecule has 3 rings (SSSR count). The number of hydroxylamine groups is 2. The van der Waals surface area contributed by atoms with Gasteiger partial charge in [0.15, 0.2) is 5.66 Å². The van der Waals surface area contributed by atoms with Crippen molar-refractivity contribution in [1.82, 2.24) is 5.06 Å². The SMILES string of the molecule is Br.CC1(C)N=C(N)N=C(N)N1OCc1cccc(-c2ccccc2)c1F. The summed E-state index contributed by atoms with van der Waals surface area (Å²) in [6, 6.07) is 14.5. The molecule has 26 heavy (non-hydrogen) atoms. The van der Waals surface area contributed by atoms with Crippen LogP contribution in [0.3, 0.4) is 0 Å². The van der Waals surface area contributed by atoms with E-state index in [1.54, 1.807) is 32.0 Å². The van der Waals surface area contributed by atoms with Crippen molar-refractivity contribution in [3.63, 3.8) is 0 Å². The van der Waals surface area contributed by atoms with Crippen LogP contribution in [-0.4, -0.2) is 22.6 Å². The van der Waals surface area contributed by atoms with Crippen LogP contribution >= 0.6 is 17.0 Å². The highest BCUT2D eigenvalue weighted by Gasteiger charge is 2.33. The minimum absolute atomic E-state index is 0. The zero-order valence-electron chi connectivity index (χ0n) is 14.5. The molecule has 0 radical (unpaired) electrons. The van der Waals surface area contributed by atoms with Gasteiger partial charge in [-0.15, -0.1) is 17.0 Å². The summed E-state index contributed by atoms with van der Waals surface area (Å²) in [5, 5.41) is 1.33. The van der Waals surface area contributed by atoms with Gasteiger partial charge in [-0.25, -0.2) is 9.38 Å². The molecule has 0 atom stereocenters. The van der Waals surface area contributed by atoms with E-state index >= 15 is 0 Å². The molecule has 0 saturated heterocycles. The average molecular weight is 422 g/mol. The van der Waals surface area contributed by atoms with Crippen LogP contribution in [0.2, 0.25) is 0 Å². The molecule has 0 bridgehead atoms. The van der Waals surface area contributed by atoms with Gasteiger partial charge in [-0.3, -0.25) is 4.84 Å². The van der Waals surface area contributed by atoms with E-state index in [-0.39, 0.29) is 41.3 Å². The summed E-state index contributed by atoms with van der Waals surface area (Å²) in [4.78, 5) is 13.8. The molecular weight excluding hydrogens is 401 g/mol. The fourth-order valence-corrected chi connectivity index (χ4v) is 2.68. The minimum atomic E-state index is -0.830. The second-order valence-corrected chi connectivity index (χ2v) is 6.15. The smallest absolute Gasteiger partial charge is 0.226 e. The summed E-state index contributed by atoms with van der Waals surface area (Å²) in [5.41, 5.74) is 12.4. The van der Waals surface area contributed by atoms with Crippen molar-refractivity contribution in [3.05, 3.63) is 59.9 Å². The number of hydrogen-bond donors (Lipinski definition) is 2. The molecule has 138 valence electrons. The molecule has 1 aliphatic heterocycles. The molecule has 0 saturated carbocycles. The lowest BCUT2D eigenvalue weighted by Crippen LogP contribution is -2.53. The first-order chi connectivity index (χ1) is 11.9. The second kappa shape index (κ2) is 7.84. The van der Waals surface area contributed by atoms with Gasteiger partial charge in [-0.2, -0.15) is 10.1 Å². The molecule has 0 unspecified atom stereocenters. The Labute approximate surface area is 162 Å². The van der Waals surface area contributed by atoms with E-state index in [9.17, 15) is 4.39 Å². The Morgan fingerprint density at radius 3 is 2.42 bits per heavy atom. The van der Waals surface area contributed by atoms with Crippen LogP contribution in [0.5, 0.6) is 0 Å². The predicted octanol–water partition coefficient (Wildman–Crippen LogP) is 3.18. The first-order valence-electron chi connectivity index (χ1n) is 7.84. The zero-order chi connectivity index (χ0) is 18.0. The number of benzene rings is 2. The van der Waals surface area contributed by atoms with E-state index in [2.05, 4.69) is 9.98 Å². The number of hydrogen-bond acceptors (Lipinski definition) is 6. The zero-order valence-corrected chi connectivity index (χ0v) is 16.2. The Bertz CT molecular complexity index is 839. The van der Waals surface area contributed by atoms with Crippen molar-refractivity contribution >= 4 is 28.9 Å². The van der Waals surface area contributed by atoms with Gasteiger partial charge in [-0.1, -0.05) is 48.5 Å². The number of aliphatic imine (C=N–C) groups is 2. The van der Waals surface area contributed by atoms with Crippen molar-refractivity contribution in [2.75, 3.05) is 0 Å². The third-order valence-electron chi connectivity index (χ3n) is 3.83. The quantitative estimate of drug-likeness (QED) is 0.792. The van der Waals surface area contributed by atoms with Crippen LogP contribution < -0.4 is 11.5 Å². The van der Waals surface area contributed by atoms with Crippen molar-refractivity contribution in [2.24, 2.45) is 21.5 Å². The molecule has 0 amide bonds. The summed E-state index contributed by atoms with van der Waals surface area (Å²) < 4.78 is 14.9. The number of rotatable bonds is 4. The Balaban J connectivity index is 0.00000243. The lowest BCUT2D eigenvalue weighted by molar-refractivity contribution is -0.167. The van der Waals surface area contributed by atoms with Gasteiger partial charge in [0, 0.05) is 11.1 Å². The minimum Gasteiger partial charge on any atom is -0.368 e. The molecule has 4 N–H and O–H groups in total. The lowest BCUT2D eigenvalue weighted by atomic mass is 10.0. The van der Waals surface area contributed by atoms with Gasteiger partial charge in [0.05, 0.1) is 0 Å². The molecule has 0 fully saturated rings. The van der Waals surface area contributed by atoms with E-state index in [1.165, 1.54) is 5.06 Å². The average Bonchev–Trinajstić information content (AvgIpc) is 2.55. The van der Waals surface area contributed by atoms with Crippen molar-refractivity contribution in [3.8, 4) is 11.1 Å². The first kappa shape index (κ1) is 19.9. The third kappa shape index (κ3) is 4.03. The van der Waals surface area contributed by atoms with Crippen LogP contribution in [0.1, 0.15) is 19.4 Å². The maximum absolute atomic E-state index is 14.9. The van der Waals surface area contributed by atoms with Gasteiger partial charge in [0.2, 0.25) is 11.9 Å². The standard InChI is InChI=1S/C18H20FN5O.BrH/c1-18(2)23-16(20)22-17(21)24(18)25-11-13-9-6-10-14(15(13)19)12-7-4-3-5-8-12;/h3-10H,11H2,1-2H3,(H4,20,21,22,23);1H. The van der Waals surface area contributed by atoms with E-state index in [0.29, 0.717) is 11.1 Å². The van der Waals surface area contributed by atoms with Crippen molar-refractivity contribution in [2.45, 2.75) is 26.1 Å². The normalized spacial score (nSPS) is 15.7. The molecule has 2 aromatic carbocycles. The number of guanidine groups is 2. The van der Waals surface area contributed by atoms with Crippen LogP contribution in [0, 0.1) is 5.82 Å². The van der Waals surface area contributed by atoms with Gasteiger partial charge in [-0.05, 0) is 19.4 Å². The van der Waals surface area contributed by atoms with Crippen LogP contribution in [-0.2, 0) is 11.4 Å². The highest BCUT2D eigenvalue weighted by molar-refractivity contribution is 8.93. The van der Waals surface area contributed by atoms with Gasteiger partial charge >= 0.3 is 0 Å². The summed E-state index contributed by atoms with van der Waals surface area (Å²) in [5.74, 6) is -0.168. The van der Waals surface area contributed by atoms with E-state index in [0.717, 1.165) is 5.56 Å². The Kier molecular flexibility index (Phi) is 5.99. The van der Waals surface area contributed by atoms with Crippen LogP contribution in [0.25, 0.3) is 11.1 Å². The molecule has 1 heterocycles. The molecule has 2 aromatic rings. The Morgan fingerprint density at radius 2 is 1.77 bits per heavy atom. The Hall–Kier alpha value is -2.45. The van der Waals surface area contributed by atoms with Gasteiger partial charge < -0.3 is 11.5 Å². The van der Waals surface area contributed by atoms with E-state index in [4.69, 9.17) is 16.3 Å². The number of nitrogens with zero attached hydrogens (tertiary/aromatic N) is 3. The highest BCUT2D eigenvalue weighted by atomic mass is 79.9. The van der Waals surface area contributed by atoms with Gasteiger partial charge in [0.1, 0.15) is 12.4 Å². The number of nitrogens with two attached hydrogens (primary N) is 2. The maximum atomic E-state index is 14.9. The topological polar surface area (TPSA) is 89.2 Å². The predicted molar refractivity (Wildman–Crippen MR) is 106 cm³/mol.